The third-order valence-corrected chi connectivity index (χ3v) is 7.45. The minimum Gasteiger partial charge on any atom is -0.305 e. The van der Waals surface area contributed by atoms with Crippen molar-refractivity contribution in [2.45, 2.75) is 56.5 Å². The van der Waals surface area contributed by atoms with Crippen LogP contribution in [0.5, 0.6) is 0 Å². The predicted molar refractivity (Wildman–Crippen MR) is 134 cm³/mol. The van der Waals surface area contributed by atoms with E-state index in [9.17, 15) is 4.79 Å². The van der Waals surface area contributed by atoms with E-state index in [1.807, 2.05) is 47.4 Å². The highest BCUT2D eigenvalue weighted by molar-refractivity contribution is 6.06. The van der Waals surface area contributed by atoms with E-state index in [4.69, 9.17) is 0 Å². The highest BCUT2D eigenvalue weighted by Gasteiger charge is 2.36. The van der Waals surface area contributed by atoms with E-state index < -0.39 is 0 Å². The van der Waals surface area contributed by atoms with Gasteiger partial charge in [-0.15, -0.1) is 0 Å². The molecule has 1 amide bonds. The maximum absolute atomic E-state index is 13.5. The molecule has 3 aromatic rings. The molecule has 0 N–H and O–H groups in total. The van der Waals surface area contributed by atoms with Gasteiger partial charge in [0.25, 0.3) is 5.91 Å². The van der Waals surface area contributed by atoms with Crippen molar-refractivity contribution in [3.8, 4) is 0 Å². The van der Waals surface area contributed by atoms with Gasteiger partial charge in [0.1, 0.15) is 0 Å². The molecule has 1 saturated heterocycles. The first-order valence-electron chi connectivity index (χ1n) is 12.4. The number of carbonyl (C=O) groups excluding carboxylic acids is 1. The maximum atomic E-state index is 13.5. The summed E-state index contributed by atoms with van der Waals surface area (Å²) in [7, 11) is 0. The number of nitrogens with zero attached hydrogens (tertiary/aromatic N) is 3. The molecule has 4 heteroatoms. The molecule has 4 nitrogen and oxygen atoms in total. The number of hydrogen-bond donors (Lipinski definition) is 0. The van der Waals surface area contributed by atoms with Crippen LogP contribution in [0.2, 0.25) is 0 Å². The predicted octanol–water partition coefficient (Wildman–Crippen LogP) is 5.92. The summed E-state index contributed by atoms with van der Waals surface area (Å²) >= 11 is 0. The lowest BCUT2D eigenvalue weighted by Gasteiger charge is -2.45. The normalized spacial score (nSPS) is 22.1. The zero-order chi connectivity index (χ0) is 22.5. The minimum absolute atomic E-state index is 0.0487. The molecule has 1 aliphatic carbocycles. The number of likely N-dealkylation sites (tertiary alicyclic amines) is 1. The average Bonchev–Trinajstić information content (AvgIpc) is 2.91. The molecular weight excluding hydrogens is 406 g/mol. The highest BCUT2D eigenvalue weighted by Crippen LogP contribution is 2.38. The van der Waals surface area contributed by atoms with Crippen LogP contribution in [-0.4, -0.2) is 41.0 Å². The van der Waals surface area contributed by atoms with Gasteiger partial charge in [0.2, 0.25) is 0 Å². The first-order valence-corrected chi connectivity index (χ1v) is 12.4. The van der Waals surface area contributed by atoms with E-state index >= 15 is 0 Å². The second-order valence-corrected chi connectivity index (χ2v) is 9.39. The summed E-state index contributed by atoms with van der Waals surface area (Å²) in [4.78, 5) is 22.4. The lowest BCUT2D eigenvalue weighted by atomic mass is 9.78. The van der Waals surface area contributed by atoms with Crippen LogP contribution in [0.3, 0.4) is 0 Å². The second-order valence-electron chi connectivity index (χ2n) is 9.39. The summed E-state index contributed by atoms with van der Waals surface area (Å²) < 4.78 is 0. The van der Waals surface area contributed by atoms with E-state index in [0.29, 0.717) is 17.5 Å². The Bertz CT molecular complexity index is 1020. The van der Waals surface area contributed by atoms with Crippen LogP contribution in [0, 0.1) is 0 Å². The van der Waals surface area contributed by atoms with Crippen LogP contribution >= 0.6 is 0 Å². The fourth-order valence-corrected chi connectivity index (χ4v) is 5.82. The van der Waals surface area contributed by atoms with Gasteiger partial charge in [0.05, 0.1) is 5.56 Å². The topological polar surface area (TPSA) is 36.4 Å². The molecule has 0 spiro atoms. The largest absolute Gasteiger partial charge is 0.305 e. The van der Waals surface area contributed by atoms with Crippen molar-refractivity contribution < 1.29 is 4.79 Å². The Balaban J connectivity index is 1.33. The van der Waals surface area contributed by atoms with Crippen molar-refractivity contribution >= 4 is 11.6 Å². The molecule has 2 aliphatic rings. The molecule has 2 aromatic carbocycles. The number of hydrogen-bond acceptors (Lipinski definition) is 3. The van der Waals surface area contributed by atoms with Crippen LogP contribution in [0.1, 0.15) is 60.4 Å². The van der Waals surface area contributed by atoms with Crippen molar-refractivity contribution in [2.24, 2.45) is 0 Å². The van der Waals surface area contributed by atoms with Crippen LogP contribution in [0.25, 0.3) is 0 Å². The number of para-hydroxylation sites is 1. The number of pyridine rings is 1. The molecule has 33 heavy (non-hydrogen) atoms. The number of rotatable bonds is 5. The maximum Gasteiger partial charge on any atom is 0.260 e. The number of benzene rings is 2. The van der Waals surface area contributed by atoms with E-state index in [0.717, 1.165) is 31.6 Å². The van der Waals surface area contributed by atoms with Crippen molar-refractivity contribution in [3.05, 3.63) is 96.3 Å². The van der Waals surface area contributed by atoms with Gasteiger partial charge in [0.15, 0.2) is 0 Å². The number of carbonyl (C=O) groups is 1. The smallest absolute Gasteiger partial charge is 0.260 e. The van der Waals surface area contributed by atoms with Crippen molar-refractivity contribution in [3.63, 3.8) is 0 Å². The van der Waals surface area contributed by atoms with Crippen LogP contribution < -0.4 is 4.90 Å². The van der Waals surface area contributed by atoms with E-state index in [1.54, 1.807) is 12.4 Å². The average molecular weight is 440 g/mol. The van der Waals surface area contributed by atoms with Gasteiger partial charge in [-0.1, -0.05) is 61.4 Å². The molecule has 2 heterocycles. The SMILES string of the molecule is O=C(c1cccnc1)N(c1ccccc1)C1CCN([C@@H]2CCCC[C@@H]2c2ccccc2)CC1. The molecule has 0 bridgehead atoms. The summed E-state index contributed by atoms with van der Waals surface area (Å²) in [5, 5.41) is 0. The number of piperidine rings is 1. The van der Waals surface area contributed by atoms with Gasteiger partial charge in [-0.05, 0) is 61.4 Å². The monoisotopic (exact) mass is 439 g/mol. The minimum atomic E-state index is 0.0487. The van der Waals surface area contributed by atoms with Gasteiger partial charge in [-0.3, -0.25) is 14.7 Å². The van der Waals surface area contributed by atoms with Crippen LogP contribution in [0.15, 0.2) is 85.2 Å². The Morgan fingerprint density at radius 2 is 1.52 bits per heavy atom. The first-order chi connectivity index (χ1) is 16.3. The molecule has 1 aliphatic heterocycles. The molecule has 0 unspecified atom stereocenters. The molecular formula is C29H33N3O. The third-order valence-electron chi connectivity index (χ3n) is 7.45. The molecule has 1 aromatic heterocycles. The van der Waals surface area contributed by atoms with E-state index in [-0.39, 0.29) is 11.9 Å². The van der Waals surface area contributed by atoms with E-state index in [1.165, 1.54) is 31.2 Å². The van der Waals surface area contributed by atoms with Gasteiger partial charge in [-0.25, -0.2) is 0 Å². The fourth-order valence-electron chi connectivity index (χ4n) is 5.82. The second kappa shape index (κ2) is 10.3. The Morgan fingerprint density at radius 3 is 2.21 bits per heavy atom. The molecule has 0 radical (unpaired) electrons. The fraction of sp³-hybridized carbons (Fsp3) is 0.379. The van der Waals surface area contributed by atoms with Crippen LogP contribution in [0.4, 0.5) is 5.69 Å². The molecule has 2 fully saturated rings. The molecule has 1 saturated carbocycles. The van der Waals surface area contributed by atoms with Gasteiger partial charge in [0, 0.05) is 43.3 Å². The lowest BCUT2D eigenvalue weighted by Crippen LogP contribution is -2.51. The van der Waals surface area contributed by atoms with Gasteiger partial charge in [-0.2, -0.15) is 0 Å². The Kier molecular flexibility index (Phi) is 6.82. The molecule has 5 rings (SSSR count). The highest BCUT2D eigenvalue weighted by atomic mass is 16.2. The molecule has 170 valence electrons. The van der Waals surface area contributed by atoms with Gasteiger partial charge >= 0.3 is 0 Å². The summed E-state index contributed by atoms with van der Waals surface area (Å²) in [6.07, 6.45) is 10.6. The first kappa shape index (κ1) is 21.8. The van der Waals surface area contributed by atoms with Crippen molar-refractivity contribution in [1.82, 2.24) is 9.88 Å². The van der Waals surface area contributed by atoms with Crippen molar-refractivity contribution in [2.75, 3.05) is 18.0 Å². The number of aromatic nitrogens is 1. The summed E-state index contributed by atoms with van der Waals surface area (Å²) in [5.41, 5.74) is 3.12. The summed E-state index contributed by atoms with van der Waals surface area (Å²) in [5.74, 6) is 0.673. The standard InChI is InChI=1S/C29H33N3O/c33-29(24-12-9-19-30-22-24)32(25-13-5-2-6-14-25)26-17-20-31(21-18-26)28-16-8-7-15-27(28)23-10-3-1-4-11-23/h1-6,9-14,19,22,26-28H,7-8,15-18,20-21H2/t27-,28-/m1/s1. The Labute approximate surface area is 197 Å². The number of anilines is 1. The Hall–Kier alpha value is -2.98. The quantitative estimate of drug-likeness (QED) is 0.495. The lowest BCUT2D eigenvalue weighted by molar-refractivity contribution is 0.0895. The third kappa shape index (κ3) is 4.86. The Morgan fingerprint density at radius 1 is 0.818 bits per heavy atom. The molecule has 2 atom stereocenters. The van der Waals surface area contributed by atoms with Crippen molar-refractivity contribution in [1.29, 1.82) is 0 Å². The van der Waals surface area contributed by atoms with Crippen LogP contribution in [-0.2, 0) is 0 Å². The van der Waals surface area contributed by atoms with E-state index in [2.05, 4.69) is 40.2 Å². The van der Waals surface area contributed by atoms with Gasteiger partial charge < -0.3 is 4.90 Å². The summed E-state index contributed by atoms with van der Waals surface area (Å²) in [6, 6.07) is 25.7. The summed E-state index contributed by atoms with van der Waals surface area (Å²) in [6.45, 7) is 2.09. The number of amides is 1. The zero-order valence-corrected chi connectivity index (χ0v) is 19.2. The zero-order valence-electron chi connectivity index (χ0n) is 19.2.